The number of aromatic carboxylic acids is 1. The minimum absolute atomic E-state index is 0.0201. The second-order valence-electron chi connectivity index (χ2n) is 7.15. The fourth-order valence-corrected chi connectivity index (χ4v) is 3.32. The predicted octanol–water partition coefficient (Wildman–Crippen LogP) is 3.15. The molecule has 0 aromatic heterocycles. The standard InChI is InChI=1S/C22H26N2O4/c1-16(17-8-10-18(11-9-17)20(25)26)24-21(27)22(12-5-13-22)23-14-15-28-19-6-3-2-4-7-19/h2-4,6-11,16,23H,5,12-15H2,1H3,(H,24,27)(H,25,26). The average Bonchev–Trinajstić information content (AvgIpc) is 2.67. The third-order valence-electron chi connectivity index (χ3n) is 5.22. The third-order valence-corrected chi connectivity index (χ3v) is 5.22. The number of hydrogen-bond donors (Lipinski definition) is 3. The molecule has 0 aliphatic heterocycles. The van der Waals surface area contributed by atoms with Crippen LogP contribution in [0.2, 0.25) is 0 Å². The molecule has 0 bridgehead atoms. The van der Waals surface area contributed by atoms with E-state index >= 15 is 0 Å². The Morgan fingerprint density at radius 3 is 2.36 bits per heavy atom. The maximum atomic E-state index is 12.9. The summed E-state index contributed by atoms with van der Waals surface area (Å²) < 4.78 is 5.69. The molecule has 1 unspecified atom stereocenters. The van der Waals surface area contributed by atoms with Gasteiger partial charge in [-0.3, -0.25) is 10.1 Å². The van der Waals surface area contributed by atoms with E-state index < -0.39 is 11.5 Å². The van der Waals surface area contributed by atoms with Crippen LogP contribution in [0.3, 0.4) is 0 Å². The van der Waals surface area contributed by atoms with Gasteiger partial charge in [-0.1, -0.05) is 30.3 Å². The lowest BCUT2D eigenvalue weighted by molar-refractivity contribution is -0.131. The van der Waals surface area contributed by atoms with Crippen LogP contribution in [0.4, 0.5) is 0 Å². The second-order valence-corrected chi connectivity index (χ2v) is 7.15. The molecule has 2 aromatic carbocycles. The van der Waals surface area contributed by atoms with Gasteiger partial charge in [-0.2, -0.15) is 0 Å². The van der Waals surface area contributed by atoms with Crippen LogP contribution in [-0.4, -0.2) is 35.7 Å². The van der Waals surface area contributed by atoms with Crippen LogP contribution in [0, 0.1) is 0 Å². The zero-order valence-corrected chi connectivity index (χ0v) is 16.0. The fraction of sp³-hybridized carbons (Fsp3) is 0.364. The summed E-state index contributed by atoms with van der Waals surface area (Å²) in [6.45, 7) is 2.98. The summed E-state index contributed by atoms with van der Waals surface area (Å²) in [5.41, 5.74) is 0.563. The molecular formula is C22H26N2O4. The molecule has 1 saturated carbocycles. The maximum Gasteiger partial charge on any atom is 0.335 e. The summed E-state index contributed by atoms with van der Waals surface area (Å²) in [5, 5.41) is 15.4. The summed E-state index contributed by atoms with van der Waals surface area (Å²) in [4.78, 5) is 23.8. The Hall–Kier alpha value is -2.86. The lowest BCUT2D eigenvalue weighted by atomic mass is 9.75. The number of ether oxygens (including phenoxy) is 1. The van der Waals surface area contributed by atoms with E-state index in [0.717, 1.165) is 30.6 Å². The smallest absolute Gasteiger partial charge is 0.335 e. The summed E-state index contributed by atoms with van der Waals surface area (Å²) in [6, 6.07) is 16.0. The highest BCUT2D eigenvalue weighted by atomic mass is 16.5. The molecule has 1 fully saturated rings. The van der Waals surface area contributed by atoms with Crippen LogP contribution in [0.25, 0.3) is 0 Å². The highest BCUT2D eigenvalue weighted by Gasteiger charge is 2.43. The molecule has 1 atom stereocenters. The quantitative estimate of drug-likeness (QED) is 0.580. The Balaban J connectivity index is 1.51. The van der Waals surface area contributed by atoms with Crippen LogP contribution >= 0.6 is 0 Å². The maximum absolute atomic E-state index is 12.9. The van der Waals surface area contributed by atoms with Gasteiger partial charge in [-0.15, -0.1) is 0 Å². The largest absolute Gasteiger partial charge is 0.492 e. The average molecular weight is 382 g/mol. The lowest BCUT2D eigenvalue weighted by Crippen LogP contribution is -2.62. The first-order valence-electron chi connectivity index (χ1n) is 9.57. The van der Waals surface area contributed by atoms with Gasteiger partial charge >= 0.3 is 5.97 Å². The Labute approximate surface area is 164 Å². The van der Waals surface area contributed by atoms with Crippen molar-refractivity contribution in [3.05, 3.63) is 65.7 Å². The second kappa shape index (κ2) is 8.89. The summed E-state index contributed by atoms with van der Waals surface area (Å²) in [5.74, 6) is -0.165. The van der Waals surface area contributed by atoms with E-state index in [1.54, 1.807) is 24.3 Å². The number of para-hydroxylation sites is 1. The SMILES string of the molecule is CC(NC(=O)C1(NCCOc2ccccc2)CCC1)c1ccc(C(=O)O)cc1. The van der Waals surface area contributed by atoms with E-state index in [9.17, 15) is 9.59 Å². The van der Waals surface area contributed by atoms with Crippen LogP contribution < -0.4 is 15.4 Å². The van der Waals surface area contributed by atoms with Crippen molar-refractivity contribution in [2.24, 2.45) is 0 Å². The predicted molar refractivity (Wildman–Crippen MR) is 106 cm³/mol. The Kier molecular flexibility index (Phi) is 6.31. The van der Waals surface area contributed by atoms with E-state index in [1.165, 1.54) is 0 Å². The summed E-state index contributed by atoms with van der Waals surface area (Å²) >= 11 is 0. The topological polar surface area (TPSA) is 87.7 Å². The number of benzene rings is 2. The van der Waals surface area contributed by atoms with Crippen molar-refractivity contribution in [1.82, 2.24) is 10.6 Å². The van der Waals surface area contributed by atoms with Crippen LogP contribution in [0.5, 0.6) is 5.75 Å². The molecule has 0 spiro atoms. The molecule has 1 amide bonds. The van der Waals surface area contributed by atoms with Crippen LogP contribution in [0.15, 0.2) is 54.6 Å². The molecule has 148 valence electrons. The van der Waals surface area contributed by atoms with E-state index in [2.05, 4.69) is 10.6 Å². The first-order chi connectivity index (χ1) is 13.5. The Morgan fingerprint density at radius 2 is 1.79 bits per heavy atom. The number of rotatable bonds is 9. The monoisotopic (exact) mass is 382 g/mol. The number of carboxylic acids is 1. The van der Waals surface area contributed by atoms with Gasteiger partial charge in [-0.05, 0) is 56.0 Å². The number of carboxylic acid groups (broad SMARTS) is 1. The molecule has 6 heteroatoms. The molecule has 3 rings (SSSR count). The minimum atomic E-state index is -0.960. The van der Waals surface area contributed by atoms with Gasteiger partial charge in [0.25, 0.3) is 0 Å². The molecule has 0 heterocycles. The van der Waals surface area contributed by atoms with Crippen molar-refractivity contribution >= 4 is 11.9 Å². The molecule has 0 radical (unpaired) electrons. The number of carbonyl (C=O) groups is 2. The number of hydrogen-bond acceptors (Lipinski definition) is 4. The van der Waals surface area contributed by atoms with Crippen molar-refractivity contribution in [3.63, 3.8) is 0 Å². The number of amides is 1. The third kappa shape index (κ3) is 4.70. The van der Waals surface area contributed by atoms with E-state index in [1.807, 2.05) is 37.3 Å². The molecule has 2 aromatic rings. The van der Waals surface area contributed by atoms with Crippen molar-refractivity contribution in [2.45, 2.75) is 37.8 Å². The lowest BCUT2D eigenvalue weighted by Gasteiger charge is -2.41. The highest BCUT2D eigenvalue weighted by Crippen LogP contribution is 2.32. The molecule has 6 nitrogen and oxygen atoms in total. The molecule has 1 aliphatic rings. The summed E-state index contributed by atoms with van der Waals surface area (Å²) in [7, 11) is 0. The van der Waals surface area contributed by atoms with Gasteiger partial charge in [0.2, 0.25) is 5.91 Å². The first kappa shape index (κ1) is 19.9. The molecule has 3 N–H and O–H groups in total. The molecule has 1 aliphatic carbocycles. The van der Waals surface area contributed by atoms with Gasteiger partial charge in [0.15, 0.2) is 0 Å². The normalized spacial score (nSPS) is 15.9. The number of nitrogens with one attached hydrogen (secondary N) is 2. The Morgan fingerprint density at radius 1 is 1.11 bits per heavy atom. The first-order valence-corrected chi connectivity index (χ1v) is 9.57. The highest BCUT2D eigenvalue weighted by molar-refractivity contribution is 5.88. The summed E-state index contributed by atoms with van der Waals surface area (Å²) in [6.07, 6.45) is 2.62. The van der Waals surface area contributed by atoms with Crippen molar-refractivity contribution in [3.8, 4) is 5.75 Å². The van der Waals surface area contributed by atoms with E-state index in [4.69, 9.17) is 9.84 Å². The van der Waals surface area contributed by atoms with Gasteiger partial charge in [0.1, 0.15) is 12.4 Å². The minimum Gasteiger partial charge on any atom is -0.492 e. The van der Waals surface area contributed by atoms with Crippen LogP contribution in [-0.2, 0) is 4.79 Å². The van der Waals surface area contributed by atoms with Gasteiger partial charge in [-0.25, -0.2) is 4.79 Å². The van der Waals surface area contributed by atoms with E-state index in [0.29, 0.717) is 13.2 Å². The van der Waals surface area contributed by atoms with Gasteiger partial charge in [0, 0.05) is 6.54 Å². The Bertz CT molecular complexity index is 801. The van der Waals surface area contributed by atoms with Crippen molar-refractivity contribution in [1.29, 1.82) is 0 Å². The van der Waals surface area contributed by atoms with Crippen molar-refractivity contribution < 1.29 is 19.4 Å². The van der Waals surface area contributed by atoms with E-state index in [-0.39, 0.29) is 17.5 Å². The molecule has 0 saturated heterocycles. The zero-order valence-electron chi connectivity index (χ0n) is 16.0. The molecular weight excluding hydrogens is 356 g/mol. The zero-order chi connectivity index (χ0) is 20.0. The van der Waals surface area contributed by atoms with Gasteiger partial charge in [0.05, 0.1) is 17.1 Å². The molecule has 28 heavy (non-hydrogen) atoms. The number of carbonyl (C=O) groups excluding carboxylic acids is 1. The van der Waals surface area contributed by atoms with Gasteiger partial charge < -0.3 is 15.2 Å². The van der Waals surface area contributed by atoms with Crippen LogP contribution in [0.1, 0.15) is 48.1 Å². The fourth-order valence-electron chi connectivity index (χ4n) is 3.32. The van der Waals surface area contributed by atoms with Crippen molar-refractivity contribution in [2.75, 3.05) is 13.2 Å².